The minimum Gasteiger partial charge on any atom is -0.461 e. The van der Waals surface area contributed by atoms with Crippen LogP contribution < -0.4 is 5.32 Å². The van der Waals surface area contributed by atoms with Crippen molar-refractivity contribution in [3.8, 4) is 0 Å². The highest BCUT2D eigenvalue weighted by molar-refractivity contribution is 7.89. The molecule has 0 spiro atoms. The van der Waals surface area contributed by atoms with Crippen LogP contribution in [0.25, 0.3) is 0 Å². The summed E-state index contributed by atoms with van der Waals surface area (Å²) in [5.41, 5.74) is 1.11. The number of nitrogens with zero attached hydrogens (tertiary/aromatic N) is 2. The summed E-state index contributed by atoms with van der Waals surface area (Å²) in [6, 6.07) is 6.80. The zero-order chi connectivity index (χ0) is 22.8. The van der Waals surface area contributed by atoms with E-state index < -0.39 is 27.9 Å². The third-order valence-electron chi connectivity index (χ3n) is 5.14. The van der Waals surface area contributed by atoms with Gasteiger partial charge in [-0.1, -0.05) is 0 Å². The van der Waals surface area contributed by atoms with Gasteiger partial charge >= 0.3 is 5.97 Å². The summed E-state index contributed by atoms with van der Waals surface area (Å²) in [6.07, 6.45) is 2.27. The first-order chi connectivity index (χ1) is 14.6. The van der Waals surface area contributed by atoms with E-state index in [1.807, 2.05) is 0 Å². The molecule has 1 atom stereocenters. The maximum Gasteiger partial charge on any atom is 0.354 e. The Morgan fingerprint density at radius 2 is 1.87 bits per heavy atom. The number of carbonyl (C=O) groups excluding carboxylic acids is 3. The largest absolute Gasteiger partial charge is 0.461 e. The molecule has 0 bridgehead atoms. The molecule has 0 unspecified atom stereocenters. The van der Waals surface area contributed by atoms with Crippen molar-refractivity contribution in [2.24, 2.45) is 7.05 Å². The first-order valence-corrected chi connectivity index (χ1v) is 11.4. The molecule has 1 fully saturated rings. The fraction of sp³-hybridized carbons (Fsp3) is 0.381. The number of anilines is 1. The quantitative estimate of drug-likeness (QED) is 0.514. The number of amides is 1. The van der Waals surface area contributed by atoms with Gasteiger partial charge in [-0.2, -0.15) is 4.31 Å². The number of carbonyl (C=O) groups is 3. The smallest absolute Gasteiger partial charge is 0.354 e. The number of ketones is 1. The van der Waals surface area contributed by atoms with E-state index in [0.717, 1.165) is 4.31 Å². The number of Topliss-reactive ketones (excluding diaryl/α,β-unsaturated/α-hetero) is 1. The van der Waals surface area contributed by atoms with Crippen molar-refractivity contribution in [1.82, 2.24) is 8.87 Å². The third-order valence-corrected chi connectivity index (χ3v) is 7.01. The first kappa shape index (κ1) is 22.7. The number of ether oxygens (including phenoxy) is 1. The van der Waals surface area contributed by atoms with Crippen LogP contribution in [-0.4, -0.2) is 54.1 Å². The fourth-order valence-corrected chi connectivity index (χ4v) is 5.25. The first-order valence-electron chi connectivity index (χ1n) is 9.92. The summed E-state index contributed by atoms with van der Waals surface area (Å²) in [4.78, 5) is 36.2. The zero-order valence-corrected chi connectivity index (χ0v) is 18.4. The number of nitrogens with one attached hydrogen (secondary N) is 1. The predicted octanol–water partition coefficient (Wildman–Crippen LogP) is 2.20. The lowest BCUT2D eigenvalue weighted by molar-refractivity contribution is -0.119. The zero-order valence-electron chi connectivity index (χ0n) is 17.6. The highest BCUT2D eigenvalue weighted by atomic mass is 32.2. The standard InChI is InChI=1S/C21H25N3O6S/c1-4-30-21(27)19-12-17(13-23(19)3)31(28,29)24-11-5-6-18(24)20(26)22-16-9-7-15(8-10-16)14(2)25/h7-10,12-13,18H,4-6,11H2,1-3H3,(H,22,26)/t18-/m0/s1. The second-order valence-corrected chi connectivity index (χ2v) is 9.18. The van der Waals surface area contributed by atoms with Gasteiger partial charge in [-0.25, -0.2) is 13.2 Å². The number of rotatable bonds is 7. The van der Waals surface area contributed by atoms with Crippen molar-refractivity contribution in [2.45, 2.75) is 37.6 Å². The Labute approximate surface area is 181 Å². The van der Waals surface area contributed by atoms with Crippen LogP contribution in [0.3, 0.4) is 0 Å². The molecule has 1 aromatic heterocycles. The van der Waals surface area contributed by atoms with Gasteiger partial charge in [0.1, 0.15) is 16.6 Å². The molecule has 1 saturated heterocycles. The Balaban J connectivity index is 1.80. The summed E-state index contributed by atoms with van der Waals surface area (Å²) in [5, 5.41) is 2.72. The Morgan fingerprint density at radius 3 is 2.48 bits per heavy atom. The van der Waals surface area contributed by atoms with E-state index in [2.05, 4.69) is 5.32 Å². The van der Waals surface area contributed by atoms with Crippen LogP contribution in [0.15, 0.2) is 41.4 Å². The minimum atomic E-state index is -3.99. The Kier molecular flexibility index (Phi) is 6.61. The maximum absolute atomic E-state index is 13.2. The van der Waals surface area contributed by atoms with Crippen LogP contribution in [0.5, 0.6) is 0 Å². The lowest BCUT2D eigenvalue weighted by atomic mass is 10.1. The lowest BCUT2D eigenvalue weighted by Crippen LogP contribution is -2.43. The van der Waals surface area contributed by atoms with E-state index in [1.54, 1.807) is 38.2 Å². The molecule has 9 nitrogen and oxygen atoms in total. The molecule has 0 radical (unpaired) electrons. The summed E-state index contributed by atoms with van der Waals surface area (Å²) < 4.78 is 33.9. The number of hydrogen-bond acceptors (Lipinski definition) is 6. The van der Waals surface area contributed by atoms with Crippen LogP contribution in [-0.2, 0) is 26.6 Å². The number of aryl methyl sites for hydroxylation is 1. The average Bonchev–Trinajstić information content (AvgIpc) is 3.36. The van der Waals surface area contributed by atoms with Gasteiger partial charge < -0.3 is 14.6 Å². The summed E-state index contributed by atoms with van der Waals surface area (Å²) in [5.74, 6) is -1.15. The Hall–Kier alpha value is -2.98. The third kappa shape index (κ3) is 4.70. The van der Waals surface area contributed by atoms with Crippen LogP contribution >= 0.6 is 0 Å². The van der Waals surface area contributed by atoms with Crippen LogP contribution in [0, 0.1) is 0 Å². The molecule has 31 heavy (non-hydrogen) atoms. The summed E-state index contributed by atoms with van der Waals surface area (Å²) >= 11 is 0. The molecule has 1 N–H and O–H groups in total. The van der Waals surface area contributed by atoms with Gasteiger partial charge in [0.25, 0.3) is 0 Å². The SMILES string of the molecule is CCOC(=O)c1cc(S(=O)(=O)N2CCC[C@H]2C(=O)Nc2ccc(C(C)=O)cc2)cn1C. The molecular formula is C21H25N3O6S. The highest BCUT2D eigenvalue weighted by Gasteiger charge is 2.40. The molecule has 2 aromatic rings. The Morgan fingerprint density at radius 1 is 1.19 bits per heavy atom. The normalized spacial score (nSPS) is 16.8. The molecular weight excluding hydrogens is 422 g/mol. The molecule has 166 valence electrons. The number of benzene rings is 1. The van der Waals surface area contributed by atoms with E-state index in [9.17, 15) is 22.8 Å². The van der Waals surface area contributed by atoms with Crippen molar-refractivity contribution < 1.29 is 27.5 Å². The second-order valence-electron chi connectivity index (χ2n) is 7.29. The van der Waals surface area contributed by atoms with Crippen LogP contribution in [0.1, 0.15) is 47.5 Å². The van der Waals surface area contributed by atoms with Gasteiger partial charge in [0, 0.05) is 31.0 Å². The van der Waals surface area contributed by atoms with Gasteiger partial charge in [-0.05, 0) is 57.0 Å². The molecule has 0 aliphatic carbocycles. The number of aromatic nitrogens is 1. The van der Waals surface area contributed by atoms with Gasteiger partial charge in [-0.3, -0.25) is 9.59 Å². The van der Waals surface area contributed by atoms with Crippen molar-refractivity contribution in [3.63, 3.8) is 0 Å². The molecule has 2 heterocycles. The lowest BCUT2D eigenvalue weighted by Gasteiger charge is -2.23. The number of hydrogen-bond donors (Lipinski definition) is 1. The number of sulfonamides is 1. The molecule has 3 rings (SSSR count). The molecule has 1 amide bonds. The molecule has 1 aromatic carbocycles. The minimum absolute atomic E-state index is 0.0661. The average molecular weight is 448 g/mol. The monoisotopic (exact) mass is 447 g/mol. The number of esters is 1. The van der Waals surface area contributed by atoms with Crippen molar-refractivity contribution >= 4 is 33.4 Å². The van der Waals surface area contributed by atoms with E-state index in [4.69, 9.17) is 4.74 Å². The van der Waals surface area contributed by atoms with Gasteiger partial charge in [0.15, 0.2) is 5.78 Å². The molecule has 1 aliphatic rings. The highest BCUT2D eigenvalue weighted by Crippen LogP contribution is 2.28. The Bertz CT molecular complexity index is 1100. The molecule has 0 saturated carbocycles. The van der Waals surface area contributed by atoms with Crippen molar-refractivity contribution in [3.05, 3.63) is 47.8 Å². The van der Waals surface area contributed by atoms with E-state index in [0.29, 0.717) is 24.1 Å². The van der Waals surface area contributed by atoms with Gasteiger partial charge in [-0.15, -0.1) is 0 Å². The molecule has 10 heteroatoms. The topological polar surface area (TPSA) is 115 Å². The fourth-order valence-electron chi connectivity index (χ4n) is 3.52. The van der Waals surface area contributed by atoms with E-state index in [1.165, 1.54) is 23.8 Å². The van der Waals surface area contributed by atoms with Gasteiger partial charge in [0.2, 0.25) is 15.9 Å². The molecule has 1 aliphatic heterocycles. The van der Waals surface area contributed by atoms with Crippen LogP contribution in [0.2, 0.25) is 0 Å². The van der Waals surface area contributed by atoms with Gasteiger partial charge in [0.05, 0.1) is 6.61 Å². The van der Waals surface area contributed by atoms with Crippen LogP contribution in [0.4, 0.5) is 5.69 Å². The summed E-state index contributed by atoms with van der Waals surface area (Å²) in [6.45, 7) is 3.49. The van der Waals surface area contributed by atoms with E-state index >= 15 is 0 Å². The second kappa shape index (κ2) is 9.03. The maximum atomic E-state index is 13.2. The van der Waals surface area contributed by atoms with Crippen molar-refractivity contribution in [1.29, 1.82) is 0 Å². The summed E-state index contributed by atoms with van der Waals surface area (Å²) in [7, 11) is -2.43. The van der Waals surface area contributed by atoms with Crippen molar-refractivity contribution in [2.75, 3.05) is 18.5 Å². The van der Waals surface area contributed by atoms with E-state index in [-0.39, 0.29) is 29.5 Å². The predicted molar refractivity (Wildman–Crippen MR) is 113 cm³/mol.